The number of nitrogens with one attached hydrogen (secondary N) is 1. The number of hydrogen-bond donors (Lipinski definition) is 2. The van der Waals surface area contributed by atoms with Crippen molar-refractivity contribution in [3.05, 3.63) is 35.4 Å². The maximum absolute atomic E-state index is 12.0. The van der Waals surface area contributed by atoms with E-state index in [1.807, 2.05) is 0 Å². The van der Waals surface area contributed by atoms with Crippen LogP contribution < -0.4 is 4.84 Å². The van der Waals surface area contributed by atoms with E-state index in [9.17, 15) is 14.4 Å². The molecule has 0 aliphatic carbocycles. The summed E-state index contributed by atoms with van der Waals surface area (Å²) in [6.07, 6.45) is 0.592. The minimum absolute atomic E-state index is 0.175. The Hall–Kier alpha value is -1.92. The number of carboxylic acid groups (broad SMARTS) is 1. The van der Waals surface area contributed by atoms with E-state index < -0.39 is 12.0 Å². The lowest BCUT2D eigenvalue weighted by molar-refractivity contribution is -0.139. The largest absolute Gasteiger partial charge is 0.480 e. The van der Waals surface area contributed by atoms with Crippen molar-refractivity contribution in [3.8, 4) is 0 Å². The van der Waals surface area contributed by atoms with Crippen molar-refractivity contribution in [2.75, 3.05) is 6.54 Å². The van der Waals surface area contributed by atoms with Gasteiger partial charge in [0.25, 0.3) is 11.8 Å². The first kappa shape index (κ1) is 14.5. The molecule has 2 rings (SSSR count). The van der Waals surface area contributed by atoms with Gasteiger partial charge in [0, 0.05) is 6.54 Å². The Morgan fingerprint density at radius 1 is 1.25 bits per heavy atom. The Bertz CT molecular complexity index is 526. The topological polar surface area (TPSA) is 86.7 Å². The van der Waals surface area contributed by atoms with Crippen LogP contribution in [0.25, 0.3) is 0 Å². The van der Waals surface area contributed by atoms with Gasteiger partial charge < -0.3 is 5.11 Å². The van der Waals surface area contributed by atoms with Gasteiger partial charge >= 0.3 is 5.97 Å². The van der Waals surface area contributed by atoms with E-state index in [1.54, 1.807) is 24.3 Å². The van der Waals surface area contributed by atoms with Crippen molar-refractivity contribution >= 4 is 29.6 Å². The summed E-state index contributed by atoms with van der Waals surface area (Å²) in [7, 11) is 0. The van der Waals surface area contributed by atoms with Crippen LogP contribution in [-0.4, -0.2) is 40.4 Å². The first-order chi connectivity index (χ1) is 9.56. The van der Waals surface area contributed by atoms with E-state index in [2.05, 4.69) is 4.84 Å². The van der Waals surface area contributed by atoms with Crippen LogP contribution in [-0.2, 0) is 4.79 Å². The highest BCUT2D eigenvalue weighted by molar-refractivity contribution is 6.21. The minimum atomic E-state index is -1.07. The number of amides is 2. The van der Waals surface area contributed by atoms with Crippen LogP contribution in [0.4, 0.5) is 0 Å². The molecule has 0 aromatic heterocycles. The zero-order valence-corrected chi connectivity index (χ0v) is 11.3. The summed E-state index contributed by atoms with van der Waals surface area (Å²) in [5.74, 6) is -1.74. The van der Waals surface area contributed by atoms with Gasteiger partial charge in [-0.3, -0.25) is 19.3 Å². The number of halogens is 1. The number of hydrogen-bond acceptors (Lipinski definition) is 4. The highest BCUT2D eigenvalue weighted by atomic mass is 35.5. The Labute approximate surface area is 120 Å². The predicted molar refractivity (Wildman–Crippen MR) is 71.5 cm³/mol. The van der Waals surface area contributed by atoms with E-state index in [0.29, 0.717) is 17.5 Å². The number of aliphatic carboxylic acids is 1. The molecule has 2 N–H and O–H groups in total. The van der Waals surface area contributed by atoms with Crippen LogP contribution in [0.3, 0.4) is 0 Å². The fourth-order valence-corrected chi connectivity index (χ4v) is 2.32. The molecule has 0 fully saturated rings. The Balaban J connectivity index is 1.98. The molecule has 0 bridgehead atoms. The fraction of sp³-hybridized carbons (Fsp3) is 0.308. The van der Waals surface area contributed by atoms with Gasteiger partial charge in [0.15, 0.2) is 0 Å². The zero-order valence-electron chi connectivity index (χ0n) is 10.5. The van der Waals surface area contributed by atoms with Gasteiger partial charge in [-0.25, -0.2) is 4.84 Å². The van der Waals surface area contributed by atoms with Crippen LogP contribution in [0.15, 0.2) is 24.3 Å². The minimum Gasteiger partial charge on any atom is -0.480 e. The Kier molecular flexibility index (Phi) is 4.36. The summed E-state index contributed by atoms with van der Waals surface area (Å²) in [6.45, 7) is 0.175. The monoisotopic (exact) mass is 296 g/mol. The van der Waals surface area contributed by atoms with E-state index in [4.69, 9.17) is 16.9 Å². The maximum atomic E-state index is 12.0. The standard InChI is InChI=1S/C13H13ClN2O4/c14-15-10(13(19)20)6-3-7-16-11(17)8-4-1-2-5-9(8)12(16)18/h1-2,4-5,10,15H,3,6-7H2,(H,19,20). The van der Waals surface area contributed by atoms with E-state index in [1.165, 1.54) is 0 Å². The van der Waals surface area contributed by atoms with Crippen molar-refractivity contribution in [2.45, 2.75) is 18.9 Å². The number of benzene rings is 1. The lowest BCUT2D eigenvalue weighted by Crippen LogP contribution is -2.34. The molecule has 2 amide bonds. The molecular formula is C13H13ClN2O4. The molecule has 1 atom stereocenters. The van der Waals surface area contributed by atoms with E-state index in [-0.39, 0.29) is 24.8 Å². The van der Waals surface area contributed by atoms with Gasteiger partial charge in [0.05, 0.1) is 11.1 Å². The quantitative estimate of drug-likeness (QED) is 0.609. The lowest BCUT2D eigenvalue weighted by Gasteiger charge is -2.15. The molecule has 106 valence electrons. The molecule has 0 saturated heterocycles. The first-order valence-corrected chi connectivity index (χ1v) is 6.48. The summed E-state index contributed by atoms with van der Waals surface area (Å²) in [5, 5.41) is 8.82. The third kappa shape index (κ3) is 2.66. The number of nitrogens with zero attached hydrogens (tertiary/aromatic N) is 1. The lowest BCUT2D eigenvalue weighted by atomic mass is 10.1. The number of carbonyl (C=O) groups excluding carboxylic acids is 2. The molecule has 1 aromatic carbocycles. The van der Waals surface area contributed by atoms with Crippen molar-refractivity contribution < 1.29 is 19.5 Å². The van der Waals surface area contributed by atoms with Gasteiger partial charge in [0.2, 0.25) is 0 Å². The smallest absolute Gasteiger partial charge is 0.321 e. The summed E-state index contributed by atoms with van der Waals surface area (Å²) >= 11 is 5.31. The average molecular weight is 297 g/mol. The van der Waals surface area contributed by atoms with Crippen molar-refractivity contribution in [2.24, 2.45) is 0 Å². The SMILES string of the molecule is O=C(O)C(CCCN1C(=O)c2ccccc2C1=O)NCl. The van der Waals surface area contributed by atoms with Gasteiger partial charge in [-0.05, 0) is 36.8 Å². The van der Waals surface area contributed by atoms with Crippen LogP contribution >= 0.6 is 11.8 Å². The second kappa shape index (κ2) is 6.02. The Morgan fingerprint density at radius 3 is 2.25 bits per heavy atom. The van der Waals surface area contributed by atoms with Crippen LogP contribution in [0.5, 0.6) is 0 Å². The molecule has 1 heterocycles. The van der Waals surface area contributed by atoms with Crippen molar-refractivity contribution in [1.82, 2.24) is 9.74 Å². The molecule has 1 aliphatic rings. The molecule has 1 aromatic rings. The summed E-state index contributed by atoms with van der Waals surface area (Å²) in [6, 6.07) is 5.72. The fourth-order valence-electron chi connectivity index (χ4n) is 2.12. The average Bonchev–Trinajstić information content (AvgIpc) is 2.68. The molecule has 7 heteroatoms. The van der Waals surface area contributed by atoms with Gasteiger partial charge in [-0.1, -0.05) is 12.1 Å². The molecule has 1 unspecified atom stereocenters. The third-order valence-electron chi connectivity index (χ3n) is 3.18. The summed E-state index contributed by atoms with van der Waals surface area (Å²) < 4.78 is 0. The Morgan fingerprint density at radius 2 is 1.80 bits per heavy atom. The highest BCUT2D eigenvalue weighted by Crippen LogP contribution is 2.22. The zero-order chi connectivity index (χ0) is 14.7. The molecule has 0 spiro atoms. The number of carbonyl (C=O) groups is 3. The first-order valence-electron chi connectivity index (χ1n) is 6.10. The van der Waals surface area contributed by atoms with Crippen LogP contribution in [0, 0.1) is 0 Å². The predicted octanol–water partition coefficient (Wildman–Crippen LogP) is 1.26. The van der Waals surface area contributed by atoms with Gasteiger partial charge in [-0.15, -0.1) is 0 Å². The number of carboxylic acids is 1. The molecular weight excluding hydrogens is 284 g/mol. The third-order valence-corrected chi connectivity index (χ3v) is 3.45. The van der Waals surface area contributed by atoms with Crippen LogP contribution in [0.1, 0.15) is 33.6 Å². The molecule has 1 aliphatic heterocycles. The summed E-state index contributed by atoms with van der Waals surface area (Å²) in [5.41, 5.74) is 0.783. The number of fused-ring (bicyclic) bond motifs is 1. The molecule has 0 radical (unpaired) electrons. The van der Waals surface area contributed by atoms with Crippen molar-refractivity contribution in [3.63, 3.8) is 0 Å². The van der Waals surface area contributed by atoms with Gasteiger partial charge in [-0.2, -0.15) is 0 Å². The number of imide groups is 1. The van der Waals surface area contributed by atoms with Gasteiger partial charge in [0.1, 0.15) is 6.04 Å². The maximum Gasteiger partial charge on any atom is 0.321 e. The van der Waals surface area contributed by atoms with E-state index >= 15 is 0 Å². The normalized spacial score (nSPS) is 15.3. The van der Waals surface area contributed by atoms with Crippen molar-refractivity contribution in [1.29, 1.82) is 0 Å². The van der Waals surface area contributed by atoms with Crippen LogP contribution in [0.2, 0.25) is 0 Å². The molecule has 0 saturated carbocycles. The highest BCUT2D eigenvalue weighted by Gasteiger charge is 2.34. The second-order valence-electron chi connectivity index (χ2n) is 4.45. The number of rotatable bonds is 6. The second-order valence-corrected chi connectivity index (χ2v) is 4.67. The molecule has 6 nitrogen and oxygen atoms in total. The summed E-state index contributed by atoms with van der Waals surface area (Å²) in [4.78, 5) is 38.1. The molecule has 20 heavy (non-hydrogen) atoms. The van der Waals surface area contributed by atoms with E-state index in [0.717, 1.165) is 4.90 Å².